The highest BCUT2D eigenvalue weighted by Gasteiger charge is 2.11. The smallest absolute Gasteiger partial charge is 0.122 e. The van der Waals surface area contributed by atoms with E-state index < -0.39 is 0 Å². The van der Waals surface area contributed by atoms with Crippen molar-refractivity contribution in [1.82, 2.24) is 4.90 Å². The molecule has 0 saturated carbocycles. The summed E-state index contributed by atoms with van der Waals surface area (Å²) >= 11 is 0. The zero-order valence-electron chi connectivity index (χ0n) is 12.7. The van der Waals surface area contributed by atoms with Crippen LogP contribution in [0.3, 0.4) is 0 Å². The number of hydrogen-bond donors (Lipinski definition) is 2. The SMILES string of the molecule is CC(C)N(Cc1ccccc1)Cc1ccc(C(=N)N)cc1. The highest BCUT2D eigenvalue weighted by molar-refractivity contribution is 5.94. The fourth-order valence-electron chi connectivity index (χ4n) is 2.26. The lowest BCUT2D eigenvalue weighted by Gasteiger charge is -2.26. The van der Waals surface area contributed by atoms with Crippen molar-refractivity contribution in [3.8, 4) is 0 Å². The summed E-state index contributed by atoms with van der Waals surface area (Å²) in [4.78, 5) is 2.43. The molecule has 0 atom stereocenters. The van der Waals surface area contributed by atoms with Crippen LogP contribution in [0.5, 0.6) is 0 Å². The fourth-order valence-corrected chi connectivity index (χ4v) is 2.26. The summed E-state index contributed by atoms with van der Waals surface area (Å²) in [5, 5.41) is 7.43. The second kappa shape index (κ2) is 7.04. The zero-order valence-corrected chi connectivity index (χ0v) is 12.7. The summed E-state index contributed by atoms with van der Waals surface area (Å²) in [7, 11) is 0. The Labute approximate surface area is 126 Å². The number of nitrogens with two attached hydrogens (primary N) is 1. The van der Waals surface area contributed by atoms with Crippen molar-refractivity contribution in [2.75, 3.05) is 0 Å². The van der Waals surface area contributed by atoms with Gasteiger partial charge in [-0.1, -0.05) is 54.6 Å². The highest BCUT2D eigenvalue weighted by atomic mass is 15.1. The quantitative estimate of drug-likeness (QED) is 0.630. The van der Waals surface area contributed by atoms with E-state index in [1.165, 1.54) is 11.1 Å². The van der Waals surface area contributed by atoms with Gasteiger partial charge in [0.05, 0.1) is 0 Å². The Balaban J connectivity index is 2.07. The van der Waals surface area contributed by atoms with E-state index in [0.717, 1.165) is 18.7 Å². The number of rotatable bonds is 6. The zero-order chi connectivity index (χ0) is 15.2. The molecule has 0 aliphatic rings. The van der Waals surface area contributed by atoms with Gasteiger partial charge in [0.15, 0.2) is 0 Å². The Bertz CT molecular complexity index is 573. The first-order valence-corrected chi connectivity index (χ1v) is 7.27. The normalized spacial score (nSPS) is 11.0. The second-order valence-corrected chi connectivity index (χ2v) is 5.59. The van der Waals surface area contributed by atoms with Crippen LogP contribution in [-0.2, 0) is 13.1 Å². The summed E-state index contributed by atoms with van der Waals surface area (Å²) < 4.78 is 0. The molecule has 0 fully saturated rings. The maximum atomic E-state index is 7.43. The molecule has 0 amide bonds. The van der Waals surface area contributed by atoms with Crippen molar-refractivity contribution < 1.29 is 0 Å². The van der Waals surface area contributed by atoms with Gasteiger partial charge in [-0.3, -0.25) is 10.3 Å². The van der Waals surface area contributed by atoms with Crippen LogP contribution in [0.25, 0.3) is 0 Å². The van der Waals surface area contributed by atoms with Crippen LogP contribution >= 0.6 is 0 Å². The Morgan fingerprint density at radius 1 is 0.952 bits per heavy atom. The third-order valence-electron chi connectivity index (χ3n) is 3.61. The van der Waals surface area contributed by atoms with Crippen molar-refractivity contribution in [2.45, 2.75) is 33.0 Å². The van der Waals surface area contributed by atoms with E-state index in [2.05, 4.69) is 55.1 Å². The van der Waals surface area contributed by atoms with Crippen molar-refractivity contribution in [2.24, 2.45) is 5.73 Å². The Kier molecular flexibility index (Phi) is 5.12. The first-order chi connectivity index (χ1) is 10.1. The molecule has 2 aromatic rings. The predicted molar refractivity (Wildman–Crippen MR) is 88.3 cm³/mol. The summed E-state index contributed by atoms with van der Waals surface area (Å²) in [6, 6.07) is 18.9. The van der Waals surface area contributed by atoms with Gasteiger partial charge in [-0.2, -0.15) is 0 Å². The standard InChI is InChI=1S/C18H23N3/c1-14(2)21(12-15-6-4-3-5-7-15)13-16-8-10-17(11-9-16)18(19)20/h3-11,14H,12-13H2,1-2H3,(H3,19,20). The minimum Gasteiger partial charge on any atom is -0.384 e. The van der Waals surface area contributed by atoms with Crippen molar-refractivity contribution in [1.29, 1.82) is 5.41 Å². The van der Waals surface area contributed by atoms with Gasteiger partial charge in [0.2, 0.25) is 0 Å². The van der Waals surface area contributed by atoms with Crippen molar-refractivity contribution in [3.63, 3.8) is 0 Å². The summed E-state index contributed by atoms with van der Waals surface area (Å²) in [6.45, 7) is 6.26. The molecule has 2 rings (SSSR count). The van der Waals surface area contributed by atoms with Crippen molar-refractivity contribution >= 4 is 5.84 Å². The molecule has 3 N–H and O–H groups in total. The van der Waals surface area contributed by atoms with E-state index in [4.69, 9.17) is 11.1 Å². The number of amidine groups is 1. The van der Waals surface area contributed by atoms with Gasteiger partial charge in [0.1, 0.15) is 5.84 Å². The summed E-state index contributed by atoms with van der Waals surface area (Å²) in [5.74, 6) is 0.117. The van der Waals surface area contributed by atoms with Crippen LogP contribution < -0.4 is 5.73 Å². The molecule has 110 valence electrons. The molecule has 0 aliphatic heterocycles. The van der Waals surface area contributed by atoms with Crippen molar-refractivity contribution in [3.05, 3.63) is 71.3 Å². The summed E-state index contributed by atoms with van der Waals surface area (Å²) in [5.41, 5.74) is 8.83. The lowest BCUT2D eigenvalue weighted by atomic mass is 10.1. The van der Waals surface area contributed by atoms with E-state index in [0.29, 0.717) is 6.04 Å². The first kappa shape index (κ1) is 15.3. The average molecular weight is 281 g/mol. The fraction of sp³-hybridized carbons (Fsp3) is 0.278. The number of nitrogen functional groups attached to an aromatic ring is 1. The van der Waals surface area contributed by atoms with Gasteiger partial charge < -0.3 is 5.73 Å². The van der Waals surface area contributed by atoms with Gasteiger partial charge >= 0.3 is 0 Å². The number of nitrogens with one attached hydrogen (secondary N) is 1. The largest absolute Gasteiger partial charge is 0.384 e. The molecular formula is C18H23N3. The van der Waals surface area contributed by atoms with E-state index >= 15 is 0 Å². The summed E-state index contributed by atoms with van der Waals surface area (Å²) in [6.07, 6.45) is 0. The minimum atomic E-state index is 0.117. The maximum Gasteiger partial charge on any atom is 0.122 e. The number of benzene rings is 2. The average Bonchev–Trinajstić information content (AvgIpc) is 2.48. The third-order valence-corrected chi connectivity index (χ3v) is 3.61. The van der Waals surface area contributed by atoms with E-state index in [-0.39, 0.29) is 5.84 Å². The van der Waals surface area contributed by atoms with Crippen LogP contribution in [0.2, 0.25) is 0 Å². The molecule has 0 saturated heterocycles. The van der Waals surface area contributed by atoms with Gasteiger partial charge in [-0.15, -0.1) is 0 Å². The monoisotopic (exact) mass is 281 g/mol. The van der Waals surface area contributed by atoms with Gasteiger partial charge in [0.25, 0.3) is 0 Å². The molecule has 2 aromatic carbocycles. The predicted octanol–water partition coefficient (Wildman–Crippen LogP) is 3.38. The van der Waals surface area contributed by atoms with Gasteiger partial charge in [-0.05, 0) is 25.0 Å². The lowest BCUT2D eigenvalue weighted by molar-refractivity contribution is 0.203. The minimum absolute atomic E-state index is 0.117. The second-order valence-electron chi connectivity index (χ2n) is 5.59. The molecule has 0 bridgehead atoms. The molecule has 3 nitrogen and oxygen atoms in total. The van der Waals surface area contributed by atoms with Gasteiger partial charge in [0, 0.05) is 24.7 Å². The Morgan fingerprint density at radius 3 is 1.95 bits per heavy atom. The molecule has 0 aromatic heterocycles. The number of hydrogen-bond acceptors (Lipinski definition) is 2. The van der Waals surface area contributed by atoms with Crippen LogP contribution in [0.4, 0.5) is 0 Å². The van der Waals surface area contributed by atoms with Crippen LogP contribution in [0, 0.1) is 5.41 Å². The Morgan fingerprint density at radius 2 is 1.48 bits per heavy atom. The van der Waals surface area contributed by atoms with Gasteiger partial charge in [-0.25, -0.2) is 0 Å². The van der Waals surface area contributed by atoms with E-state index in [1.807, 2.05) is 18.2 Å². The highest BCUT2D eigenvalue weighted by Crippen LogP contribution is 2.14. The van der Waals surface area contributed by atoms with Crippen LogP contribution in [0.15, 0.2) is 54.6 Å². The maximum absolute atomic E-state index is 7.43. The molecular weight excluding hydrogens is 258 g/mol. The molecule has 3 heteroatoms. The topological polar surface area (TPSA) is 53.1 Å². The first-order valence-electron chi connectivity index (χ1n) is 7.27. The molecule has 0 unspecified atom stereocenters. The van der Waals surface area contributed by atoms with Crippen LogP contribution in [0.1, 0.15) is 30.5 Å². The third kappa shape index (κ3) is 4.43. The Hall–Kier alpha value is -2.13. The lowest BCUT2D eigenvalue weighted by Crippen LogP contribution is -2.29. The van der Waals surface area contributed by atoms with E-state index in [1.54, 1.807) is 0 Å². The molecule has 0 heterocycles. The van der Waals surface area contributed by atoms with Crippen LogP contribution in [-0.4, -0.2) is 16.8 Å². The number of nitrogens with zero attached hydrogens (tertiary/aromatic N) is 1. The molecule has 0 spiro atoms. The van der Waals surface area contributed by atoms with E-state index in [9.17, 15) is 0 Å². The molecule has 21 heavy (non-hydrogen) atoms. The molecule has 0 aliphatic carbocycles. The molecule has 0 radical (unpaired) electrons.